The summed E-state index contributed by atoms with van der Waals surface area (Å²) in [4.78, 5) is 0. The second-order valence-electron chi connectivity index (χ2n) is 5.15. The summed E-state index contributed by atoms with van der Waals surface area (Å²) in [5.74, 6) is 0.972. The van der Waals surface area contributed by atoms with Crippen molar-refractivity contribution in [2.75, 3.05) is 0 Å². The van der Waals surface area contributed by atoms with Gasteiger partial charge < -0.3 is 5.73 Å². The highest BCUT2D eigenvalue weighted by atomic mass is 14.6. The van der Waals surface area contributed by atoms with Crippen molar-refractivity contribution in [2.45, 2.75) is 70.8 Å². The normalized spacial score (nSPS) is 20.1. The minimum Gasteiger partial charge on any atom is -0.327 e. The molecule has 1 aliphatic rings. The smallest absolute Gasteiger partial charge is 0.00760 e. The lowest BCUT2D eigenvalue weighted by Crippen LogP contribution is -2.22. The number of hydrogen-bond donors (Lipinski definition) is 1. The van der Waals surface area contributed by atoms with Crippen molar-refractivity contribution in [3.63, 3.8) is 0 Å². The lowest BCUT2D eigenvalue weighted by atomic mass is 9.84. The largest absolute Gasteiger partial charge is 0.327 e. The summed E-state index contributed by atoms with van der Waals surface area (Å²) in [5, 5.41) is 0. The summed E-state index contributed by atoms with van der Waals surface area (Å²) in [6.45, 7) is 6.19. The first-order chi connectivity index (χ1) is 7.22. The Labute approximate surface area is 95.1 Å². The lowest BCUT2D eigenvalue weighted by Gasteiger charge is -2.23. The zero-order valence-electron chi connectivity index (χ0n) is 10.3. The molecule has 88 valence electrons. The molecule has 0 amide bonds. The van der Waals surface area contributed by atoms with Crippen LogP contribution in [-0.2, 0) is 0 Å². The lowest BCUT2D eigenvalue weighted by molar-refractivity contribution is 0.322. The van der Waals surface area contributed by atoms with Crippen LogP contribution in [0.25, 0.3) is 0 Å². The van der Waals surface area contributed by atoms with Crippen LogP contribution in [0.2, 0.25) is 0 Å². The van der Waals surface area contributed by atoms with Crippen molar-refractivity contribution in [1.82, 2.24) is 0 Å². The van der Waals surface area contributed by atoms with Gasteiger partial charge in [0.25, 0.3) is 0 Å². The fraction of sp³-hybridized carbons (Fsp3) is 0.857. The van der Waals surface area contributed by atoms with Crippen molar-refractivity contribution >= 4 is 0 Å². The molecule has 1 aliphatic carbocycles. The van der Waals surface area contributed by atoms with Gasteiger partial charge in [0.05, 0.1) is 0 Å². The predicted molar refractivity (Wildman–Crippen MR) is 67.8 cm³/mol. The molecule has 0 aliphatic heterocycles. The van der Waals surface area contributed by atoms with Crippen LogP contribution in [0, 0.1) is 5.92 Å². The molecule has 0 bridgehead atoms. The third-order valence-electron chi connectivity index (χ3n) is 3.72. The van der Waals surface area contributed by atoms with E-state index in [4.69, 9.17) is 5.73 Å². The van der Waals surface area contributed by atoms with E-state index in [9.17, 15) is 0 Å². The van der Waals surface area contributed by atoms with E-state index in [1.54, 1.807) is 0 Å². The van der Waals surface area contributed by atoms with Gasteiger partial charge in [0.1, 0.15) is 0 Å². The molecule has 1 heteroatoms. The first-order valence-corrected chi connectivity index (χ1v) is 6.64. The van der Waals surface area contributed by atoms with E-state index in [1.807, 2.05) is 0 Å². The molecule has 1 atom stereocenters. The van der Waals surface area contributed by atoms with Crippen LogP contribution >= 0.6 is 0 Å². The van der Waals surface area contributed by atoms with E-state index in [0.717, 1.165) is 18.8 Å². The molecule has 2 N–H and O–H groups in total. The van der Waals surface area contributed by atoms with Crippen molar-refractivity contribution in [3.8, 4) is 0 Å². The van der Waals surface area contributed by atoms with Gasteiger partial charge in [-0.2, -0.15) is 0 Å². The first kappa shape index (κ1) is 12.8. The molecule has 1 saturated carbocycles. The average Bonchev–Trinajstić information content (AvgIpc) is 2.27. The molecule has 1 unspecified atom stereocenters. The van der Waals surface area contributed by atoms with Gasteiger partial charge in [0, 0.05) is 6.04 Å². The minimum absolute atomic E-state index is 0.361. The van der Waals surface area contributed by atoms with Crippen molar-refractivity contribution in [1.29, 1.82) is 0 Å². The van der Waals surface area contributed by atoms with Crippen LogP contribution in [0.1, 0.15) is 64.7 Å². The van der Waals surface area contributed by atoms with Crippen molar-refractivity contribution in [2.24, 2.45) is 11.7 Å². The maximum atomic E-state index is 6.11. The van der Waals surface area contributed by atoms with Crippen LogP contribution in [0.15, 0.2) is 12.2 Å². The molecular formula is C14H27N. The van der Waals surface area contributed by atoms with Gasteiger partial charge in [-0.25, -0.2) is 0 Å². The van der Waals surface area contributed by atoms with Crippen LogP contribution in [0.5, 0.6) is 0 Å². The third-order valence-corrected chi connectivity index (χ3v) is 3.72. The van der Waals surface area contributed by atoms with Gasteiger partial charge in [-0.3, -0.25) is 0 Å². The molecular weight excluding hydrogens is 182 g/mol. The minimum atomic E-state index is 0.361. The quantitative estimate of drug-likeness (QED) is 0.657. The Morgan fingerprint density at radius 3 is 2.60 bits per heavy atom. The number of rotatable bonds is 6. The Morgan fingerprint density at radius 1 is 1.33 bits per heavy atom. The van der Waals surface area contributed by atoms with Gasteiger partial charge in [0.2, 0.25) is 0 Å². The van der Waals surface area contributed by atoms with Gasteiger partial charge in [0.15, 0.2) is 0 Å². The number of nitrogens with two attached hydrogens (primary N) is 1. The Hall–Kier alpha value is -0.300. The van der Waals surface area contributed by atoms with Crippen LogP contribution in [-0.4, -0.2) is 6.04 Å². The summed E-state index contributed by atoms with van der Waals surface area (Å²) in [7, 11) is 0. The maximum absolute atomic E-state index is 6.11. The maximum Gasteiger partial charge on any atom is 0.00760 e. The van der Waals surface area contributed by atoms with Crippen molar-refractivity contribution in [3.05, 3.63) is 12.2 Å². The second kappa shape index (κ2) is 7.05. The van der Waals surface area contributed by atoms with Gasteiger partial charge in [-0.15, -0.1) is 0 Å². The van der Waals surface area contributed by atoms with E-state index in [0.29, 0.717) is 6.04 Å². The summed E-state index contributed by atoms with van der Waals surface area (Å²) in [5.41, 5.74) is 7.42. The van der Waals surface area contributed by atoms with E-state index in [1.165, 1.54) is 50.5 Å². The average molecular weight is 209 g/mol. The molecule has 0 aromatic carbocycles. The molecule has 1 nitrogen and oxygen atoms in total. The highest BCUT2D eigenvalue weighted by Gasteiger charge is 2.14. The molecule has 0 aromatic rings. The fourth-order valence-electron chi connectivity index (χ4n) is 2.54. The zero-order valence-corrected chi connectivity index (χ0v) is 10.3. The predicted octanol–water partition coefficient (Wildman–Crippen LogP) is 4.03. The van der Waals surface area contributed by atoms with Crippen LogP contribution in [0.3, 0.4) is 0 Å². The zero-order chi connectivity index (χ0) is 11.1. The van der Waals surface area contributed by atoms with E-state index < -0.39 is 0 Å². The van der Waals surface area contributed by atoms with Gasteiger partial charge in [-0.05, 0) is 31.6 Å². The first-order valence-electron chi connectivity index (χ1n) is 6.64. The number of hydrogen-bond acceptors (Lipinski definition) is 1. The van der Waals surface area contributed by atoms with Gasteiger partial charge in [-0.1, -0.05) is 51.2 Å². The molecule has 1 rings (SSSR count). The Balaban J connectivity index is 2.09. The molecule has 0 saturated heterocycles. The Bertz CT molecular complexity index is 180. The topological polar surface area (TPSA) is 26.0 Å². The fourth-order valence-corrected chi connectivity index (χ4v) is 2.54. The highest BCUT2D eigenvalue weighted by Crippen LogP contribution is 2.28. The standard InChI is InChI=1S/C14H27N/c1-3-12(2)11-14(15)10-9-13-7-5-4-6-8-13/h13-14H,2-11,15H2,1H3. The van der Waals surface area contributed by atoms with E-state index in [2.05, 4.69) is 13.5 Å². The molecule has 0 aromatic heterocycles. The third kappa shape index (κ3) is 5.36. The molecule has 0 heterocycles. The van der Waals surface area contributed by atoms with Crippen molar-refractivity contribution < 1.29 is 0 Å². The second-order valence-corrected chi connectivity index (χ2v) is 5.15. The Kier molecular flexibility index (Phi) is 6.00. The van der Waals surface area contributed by atoms with Crippen LogP contribution < -0.4 is 5.73 Å². The molecule has 0 radical (unpaired) electrons. The summed E-state index contributed by atoms with van der Waals surface area (Å²) in [6, 6.07) is 0.361. The van der Waals surface area contributed by atoms with Crippen LogP contribution in [0.4, 0.5) is 0 Å². The van der Waals surface area contributed by atoms with E-state index in [-0.39, 0.29) is 0 Å². The summed E-state index contributed by atoms with van der Waals surface area (Å²) < 4.78 is 0. The van der Waals surface area contributed by atoms with E-state index >= 15 is 0 Å². The molecule has 15 heavy (non-hydrogen) atoms. The SMILES string of the molecule is C=C(CC)CC(N)CCC1CCCCC1. The highest BCUT2D eigenvalue weighted by molar-refractivity contribution is 4.95. The van der Waals surface area contributed by atoms with Gasteiger partial charge >= 0.3 is 0 Å². The molecule has 0 spiro atoms. The Morgan fingerprint density at radius 2 is 2.00 bits per heavy atom. The summed E-state index contributed by atoms with van der Waals surface area (Å²) in [6.07, 6.45) is 11.9. The monoisotopic (exact) mass is 209 g/mol. The molecule has 1 fully saturated rings. The summed E-state index contributed by atoms with van der Waals surface area (Å²) >= 11 is 0.